The summed E-state index contributed by atoms with van der Waals surface area (Å²) in [5.74, 6) is -0.145. The molecule has 3 aromatic carbocycles. The molecule has 0 radical (unpaired) electrons. The van der Waals surface area contributed by atoms with Crippen LogP contribution in [0.3, 0.4) is 0 Å². The summed E-state index contributed by atoms with van der Waals surface area (Å²) in [6.45, 7) is 2.55. The molecule has 0 saturated heterocycles. The van der Waals surface area contributed by atoms with Gasteiger partial charge in [0.05, 0.1) is 17.7 Å². The molecular formula is C21H18N4O. The van der Waals surface area contributed by atoms with Gasteiger partial charge in [0.25, 0.3) is 5.91 Å². The molecule has 0 saturated carbocycles. The zero-order valence-electron chi connectivity index (χ0n) is 14.4. The van der Waals surface area contributed by atoms with Gasteiger partial charge in [-0.15, -0.1) is 5.10 Å². The van der Waals surface area contributed by atoms with Crippen molar-refractivity contribution in [1.29, 1.82) is 0 Å². The smallest absolute Gasteiger partial charge is 0.255 e. The van der Waals surface area contributed by atoms with Gasteiger partial charge in [0.1, 0.15) is 5.52 Å². The molecule has 0 unspecified atom stereocenters. The molecule has 0 fully saturated rings. The lowest BCUT2D eigenvalue weighted by Crippen LogP contribution is -2.13. The molecule has 0 aliphatic carbocycles. The third-order valence-electron chi connectivity index (χ3n) is 4.36. The number of hydrogen-bond donors (Lipinski definition) is 1. The van der Waals surface area contributed by atoms with Crippen molar-refractivity contribution in [3.05, 3.63) is 89.5 Å². The Balaban J connectivity index is 1.65. The molecule has 1 N–H and O–H groups in total. The van der Waals surface area contributed by atoms with E-state index >= 15 is 0 Å². The summed E-state index contributed by atoms with van der Waals surface area (Å²) in [4.78, 5) is 12.6. The molecule has 0 aliphatic rings. The highest BCUT2D eigenvalue weighted by Crippen LogP contribution is 2.22. The molecule has 1 heterocycles. The number of fused-ring (bicyclic) bond motifs is 1. The van der Waals surface area contributed by atoms with Gasteiger partial charge < -0.3 is 5.32 Å². The summed E-state index contributed by atoms with van der Waals surface area (Å²) in [5, 5.41) is 11.5. The Bertz CT molecular complexity index is 1070. The first-order chi connectivity index (χ1) is 12.7. The van der Waals surface area contributed by atoms with Crippen LogP contribution in [0.5, 0.6) is 0 Å². The van der Waals surface area contributed by atoms with E-state index in [9.17, 15) is 4.79 Å². The summed E-state index contributed by atoms with van der Waals surface area (Å²) in [6, 6.07) is 23.3. The number of aromatic nitrogens is 3. The Morgan fingerprint density at radius 2 is 1.73 bits per heavy atom. The monoisotopic (exact) mass is 342 g/mol. The summed E-state index contributed by atoms with van der Waals surface area (Å²) in [7, 11) is 0. The molecule has 1 aromatic heterocycles. The lowest BCUT2D eigenvalue weighted by molar-refractivity contribution is 0.102. The van der Waals surface area contributed by atoms with Crippen molar-refractivity contribution in [2.75, 3.05) is 5.32 Å². The molecule has 0 atom stereocenters. The van der Waals surface area contributed by atoms with Crippen LogP contribution >= 0.6 is 0 Å². The van der Waals surface area contributed by atoms with Gasteiger partial charge in [-0.25, -0.2) is 4.68 Å². The number of rotatable bonds is 4. The molecule has 0 aliphatic heterocycles. The number of benzene rings is 3. The molecule has 4 rings (SSSR count). The Morgan fingerprint density at radius 1 is 0.962 bits per heavy atom. The van der Waals surface area contributed by atoms with Gasteiger partial charge in [0.15, 0.2) is 0 Å². The van der Waals surface area contributed by atoms with E-state index in [1.54, 1.807) is 0 Å². The van der Waals surface area contributed by atoms with E-state index in [1.165, 1.54) is 0 Å². The predicted molar refractivity (Wildman–Crippen MR) is 102 cm³/mol. The van der Waals surface area contributed by atoms with E-state index in [0.717, 1.165) is 16.6 Å². The summed E-state index contributed by atoms with van der Waals surface area (Å²) in [6.07, 6.45) is 0. The van der Waals surface area contributed by atoms with E-state index in [4.69, 9.17) is 0 Å². The lowest BCUT2D eigenvalue weighted by Gasteiger charge is -2.08. The first kappa shape index (κ1) is 16.0. The summed E-state index contributed by atoms with van der Waals surface area (Å²) in [5.41, 5.74) is 4.97. The van der Waals surface area contributed by atoms with Crippen LogP contribution in [0.15, 0.2) is 72.8 Å². The van der Waals surface area contributed by atoms with Crippen molar-refractivity contribution in [1.82, 2.24) is 15.0 Å². The van der Waals surface area contributed by atoms with Gasteiger partial charge in [-0.3, -0.25) is 4.79 Å². The number of nitrogens with one attached hydrogen (secondary N) is 1. The van der Waals surface area contributed by atoms with Gasteiger partial charge >= 0.3 is 0 Å². The van der Waals surface area contributed by atoms with Gasteiger partial charge in [-0.1, -0.05) is 59.8 Å². The van der Waals surface area contributed by atoms with Gasteiger partial charge in [0.2, 0.25) is 0 Å². The topological polar surface area (TPSA) is 59.8 Å². The van der Waals surface area contributed by atoms with E-state index < -0.39 is 0 Å². The fraction of sp³-hybridized carbons (Fsp3) is 0.0952. The van der Waals surface area contributed by atoms with Crippen molar-refractivity contribution >= 4 is 22.6 Å². The summed E-state index contributed by atoms with van der Waals surface area (Å²) < 4.78 is 1.84. The molecule has 5 nitrogen and oxygen atoms in total. The lowest BCUT2D eigenvalue weighted by atomic mass is 10.1. The molecule has 128 valence electrons. The Morgan fingerprint density at radius 3 is 2.54 bits per heavy atom. The Labute approximate surface area is 151 Å². The third-order valence-corrected chi connectivity index (χ3v) is 4.36. The standard InChI is InChI=1S/C21H18N4O/c1-15-8-5-6-11-17(15)21(26)22-18-12-7-13-19-20(18)23-24-25(19)14-16-9-3-2-4-10-16/h2-13H,14H2,1H3,(H,22,26). The highest BCUT2D eigenvalue weighted by molar-refractivity contribution is 6.08. The van der Waals surface area contributed by atoms with Gasteiger partial charge in [-0.2, -0.15) is 0 Å². The molecule has 1 amide bonds. The van der Waals surface area contributed by atoms with E-state index in [-0.39, 0.29) is 5.91 Å². The molecule has 0 spiro atoms. The zero-order valence-corrected chi connectivity index (χ0v) is 14.4. The zero-order chi connectivity index (χ0) is 17.9. The Kier molecular flexibility index (Phi) is 4.19. The second-order valence-electron chi connectivity index (χ2n) is 6.18. The number of nitrogens with zero attached hydrogens (tertiary/aromatic N) is 3. The number of aryl methyl sites for hydroxylation is 1. The fourth-order valence-electron chi connectivity index (χ4n) is 2.98. The van der Waals surface area contributed by atoms with Crippen LogP contribution in [0.25, 0.3) is 11.0 Å². The van der Waals surface area contributed by atoms with Crippen molar-refractivity contribution in [3.8, 4) is 0 Å². The van der Waals surface area contributed by atoms with E-state index in [0.29, 0.717) is 23.3 Å². The van der Waals surface area contributed by atoms with Gasteiger partial charge in [-0.05, 0) is 36.2 Å². The largest absolute Gasteiger partial charge is 0.320 e. The van der Waals surface area contributed by atoms with Crippen LogP contribution in [-0.4, -0.2) is 20.9 Å². The SMILES string of the molecule is Cc1ccccc1C(=O)Nc1cccc2c1nnn2Cc1ccccc1. The van der Waals surface area contributed by atoms with Crippen LogP contribution in [0.2, 0.25) is 0 Å². The highest BCUT2D eigenvalue weighted by Gasteiger charge is 2.13. The fourth-order valence-corrected chi connectivity index (χ4v) is 2.98. The molecule has 4 aromatic rings. The highest BCUT2D eigenvalue weighted by atomic mass is 16.1. The maximum Gasteiger partial charge on any atom is 0.255 e. The van der Waals surface area contributed by atoms with Crippen LogP contribution in [-0.2, 0) is 6.54 Å². The van der Waals surface area contributed by atoms with Crippen LogP contribution in [0.1, 0.15) is 21.5 Å². The minimum absolute atomic E-state index is 0.145. The second-order valence-corrected chi connectivity index (χ2v) is 6.18. The number of hydrogen-bond acceptors (Lipinski definition) is 3. The minimum Gasteiger partial charge on any atom is -0.320 e. The number of carbonyl (C=O) groups is 1. The average molecular weight is 342 g/mol. The van der Waals surface area contributed by atoms with Crippen molar-refractivity contribution < 1.29 is 4.79 Å². The molecule has 26 heavy (non-hydrogen) atoms. The average Bonchev–Trinajstić information content (AvgIpc) is 3.07. The second kappa shape index (κ2) is 6.80. The van der Waals surface area contributed by atoms with Crippen LogP contribution in [0, 0.1) is 6.92 Å². The minimum atomic E-state index is -0.145. The normalized spacial score (nSPS) is 10.8. The Hall–Kier alpha value is -3.47. The summed E-state index contributed by atoms with van der Waals surface area (Å²) >= 11 is 0. The number of anilines is 1. The van der Waals surface area contributed by atoms with Gasteiger partial charge in [0, 0.05) is 5.56 Å². The van der Waals surface area contributed by atoms with Crippen molar-refractivity contribution in [2.45, 2.75) is 13.5 Å². The van der Waals surface area contributed by atoms with Crippen molar-refractivity contribution in [3.63, 3.8) is 0 Å². The van der Waals surface area contributed by atoms with Crippen LogP contribution in [0.4, 0.5) is 5.69 Å². The maximum absolute atomic E-state index is 12.6. The third kappa shape index (κ3) is 3.07. The van der Waals surface area contributed by atoms with E-state index in [1.807, 2.05) is 72.3 Å². The maximum atomic E-state index is 12.6. The molecule has 0 bridgehead atoms. The molecular weight excluding hydrogens is 324 g/mol. The first-order valence-corrected chi connectivity index (χ1v) is 8.45. The predicted octanol–water partition coefficient (Wildman–Crippen LogP) is 4.04. The van der Waals surface area contributed by atoms with E-state index in [2.05, 4.69) is 27.8 Å². The molecule has 5 heteroatoms. The van der Waals surface area contributed by atoms with Crippen molar-refractivity contribution in [2.24, 2.45) is 0 Å². The first-order valence-electron chi connectivity index (χ1n) is 8.45. The number of carbonyl (C=O) groups excluding carboxylic acids is 1. The van der Waals surface area contributed by atoms with Crippen LogP contribution < -0.4 is 5.32 Å². The quantitative estimate of drug-likeness (QED) is 0.609. The number of amides is 1.